The minimum Gasteiger partial charge on any atom is -0.338 e. The molecule has 0 saturated carbocycles. The van der Waals surface area contributed by atoms with Gasteiger partial charge in [0.1, 0.15) is 11.6 Å². The van der Waals surface area contributed by atoms with Crippen LogP contribution in [0, 0.1) is 17.0 Å². The summed E-state index contributed by atoms with van der Waals surface area (Å²) in [5, 5.41) is 0.680. The molecule has 0 radical (unpaired) electrons. The van der Waals surface area contributed by atoms with Gasteiger partial charge in [0.15, 0.2) is 0 Å². The van der Waals surface area contributed by atoms with Crippen LogP contribution in [-0.2, 0) is 11.3 Å². The fourth-order valence-corrected chi connectivity index (χ4v) is 5.69. The fourth-order valence-electron chi connectivity index (χ4n) is 5.48. The van der Waals surface area contributed by atoms with Crippen molar-refractivity contribution in [1.82, 2.24) is 9.80 Å². The van der Waals surface area contributed by atoms with Crippen LogP contribution in [0.1, 0.15) is 42.0 Å². The summed E-state index contributed by atoms with van der Waals surface area (Å²) in [7, 11) is 0. The van der Waals surface area contributed by atoms with Gasteiger partial charge in [-0.3, -0.25) is 9.69 Å². The number of carbonyl (C=O) groups excluding carboxylic acids is 1. The van der Waals surface area contributed by atoms with Crippen LogP contribution in [0.3, 0.4) is 0 Å². The Bertz CT molecular complexity index is 1110. The Balaban J connectivity index is 1.32. The van der Waals surface area contributed by atoms with Gasteiger partial charge in [0, 0.05) is 31.2 Å². The summed E-state index contributed by atoms with van der Waals surface area (Å²) in [6.45, 7) is 2.83. The molecule has 2 heterocycles. The van der Waals surface area contributed by atoms with Gasteiger partial charge in [-0.05, 0) is 72.4 Å². The van der Waals surface area contributed by atoms with Crippen LogP contribution in [0.4, 0.5) is 8.78 Å². The highest BCUT2D eigenvalue weighted by Crippen LogP contribution is 2.44. The number of carbonyl (C=O) groups is 1. The van der Waals surface area contributed by atoms with E-state index in [4.69, 9.17) is 11.6 Å². The number of benzene rings is 3. The van der Waals surface area contributed by atoms with Gasteiger partial charge in [0.05, 0.1) is 11.5 Å². The van der Waals surface area contributed by atoms with Crippen LogP contribution >= 0.6 is 11.6 Å². The van der Waals surface area contributed by atoms with E-state index in [2.05, 4.69) is 4.90 Å². The zero-order valence-electron chi connectivity index (χ0n) is 18.9. The summed E-state index contributed by atoms with van der Waals surface area (Å²) in [5.74, 6) is -0.335. The fraction of sp³-hybridized carbons (Fsp3) is 0.321. The van der Waals surface area contributed by atoms with E-state index in [0.717, 1.165) is 55.6 Å². The molecule has 0 N–H and O–H groups in total. The van der Waals surface area contributed by atoms with Gasteiger partial charge in [-0.2, -0.15) is 0 Å². The van der Waals surface area contributed by atoms with Gasteiger partial charge in [-0.1, -0.05) is 48.0 Å². The van der Waals surface area contributed by atoms with Crippen LogP contribution in [0.25, 0.3) is 0 Å². The Morgan fingerprint density at radius 2 is 1.38 bits per heavy atom. The second-order valence-corrected chi connectivity index (χ2v) is 9.87. The molecule has 2 saturated heterocycles. The first-order valence-corrected chi connectivity index (χ1v) is 12.1. The second-order valence-electron chi connectivity index (χ2n) is 9.43. The van der Waals surface area contributed by atoms with Gasteiger partial charge in [-0.15, -0.1) is 0 Å². The molecule has 0 aromatic heterocycles. The third-order valence-corrected chi connectivity index (χ3v) is 7.59. The maximum Gasteiger partial charge on any atom is 0.229 e. The first kappa shape index (κ1) is 23.0. The van der Waals surface area contributed by atoms with E-state index in [0.29, 0.717) is 11.6 Å². The van der Waals surface area contributed by atoms with Crippen molar-refractivity contribution in [2.75, 3.05) is 19.6 Å². The number of hydrogen-bond acceptors (Lipinski definition) is 2. The van der Waals surface area contributed by atoms with Crippen molar-refractivity contribution in [2.45, 2.75) is 31.8 Å². The Morgan fingerprint density at radius 3 is 1.94 bits per heavy atom. The SMILES string of the molecule is O=C1N(Cc2cccc(Cl)c2)CCC12CCN(C(c1ccc(F)cc1)c1ccc(F)cc1)CC2. The molecule has 2 fully saturated rings. The molecule has 6 heteroatoms. The van der Waals surface area contributed by atoms with Crippen molar-refractivity contribution in [3.05, 3.63) is 106 Å². The molecule has 176 valence electrons. The van der Waals surface area contributed by atoms with E-state index in [1.807, 2.05) is 29.2 Å². The van der Waals surface area contributed by atoms with Crippen molar-refractivity contribution < 1.29 is 13.6 Å². The number of nitrogens with zero attached hydrogens (tertiary/aromatic N) is 2. The van der Waals surface area contributed by atoms with Crippen LogP contribution < -0.4 is 0 Å². The largest absolute Gasteiger partial charge is 0.338 e. The molecule has 1 spiro atoms. The molecule has 3 nitrogen and oxygen atoms in total. The minimum absolute atomic E-state index is 0.113. The Labute approximate surface area is 203 Å². The van der Waals surface area contributed by atoms with E-state index in [9.17, 15) is 13.6 Å². The van der Waals surface area contributed by atoms with Crippen molar-refractivity contribution in [3.63, 3.8) is 0 Å². The lowest BCUT2D eigenvalue weighted by Crippen LogP contribution is -2.45. The predicted molar refractivity (Wildman–Crippen MR) is 129 cm³/mol. The van der Waals surface area contributed by atoms with Crippen LogP contribution in [0.5, 0.6) is 0 Å². The Morgan fingerprint density at radius 1 is 0.824 bits per heavy atom. The topological polar surface area (TPSA) is 23.6 Å². The average Bonchev–Trinajstić information content (AvgIpc) is 3.13. The molecule has 1 amide bonds. The van der Waals surface area contributed by atoms with Crippen molar-refractivity contribution in [1.29, 1.82) is 0 Å². The zero-order valence-corrected chi connectivity index (χ0v) is 19.6. The molecule has 0 aliphatic carbocycles. The van der Waals surface area contributed by atoms with Crippen LogP contribution in [0.2, 0.25) is 5.02 Å². The summed E-state index contributed by atoms with van der Waals surface area (Å²) in [5.41, 5.74) is 2.64. The molecule has 3 aromatic rings. The summed E-state index contributed by atoms with van der Waals surface area (Å²) in [4.78, 5) is 17.7. The highest BCUT2D eigenvalue weighted by Gasteiger charge is 2.48. The zero-order chi connectivity index (χ0) is 23.7. The van der Waals surface area contributed by atoms with Crippen molar-refractivity contribution >= 4 is 17.5 Å². The highest BCUT2D eigenvalue weighted by atomic mass is 35.5. The van der Waals surface area contributed by atoms with E-state index in [1.165, 1.54) is 24.3 Å². The van der Waals surface area contributed by atoms with Gasteiger partial charge in [0.25, 0.3) is 0 Å². The molecule has 34 heavy (non-hydrogen) atoms. The van der Waals surface area contributed by atoms with Crippen molar-refractivity contribution in [2.24, 2.45) is 5.41 Å². The Hall–Kier alpha value is -2.76. The summed E-state index contributed by atoms with van der Waals surface area (Å²) < 4.78 is 27.2. The number of amides is 1. The van der Waals surface area contributed by atoms with Gasteiger partial charge < -0.3 is 4.90 Å². The normalized spacial score (nSPS) is 18.2. The van der Waals surface area contributed by atoms with E-state index >= 15 is 0 Å². The molecule has 3 aromatic carbocycles. The first-order valence-electron chi connectivity index (χ1n) is 11.7. The number of rotatable bonds is 5. The summed E-state index contributed by atoms with van der Waals surface area (Å²) in [6, 6.07) is 20.6. The second kappa shape index (κ2) is 9.47. The quantitative estimate of drug-likeness (QED) is 0.432. The lowest BCUT2D eigenvalue weighted by atomic mass is 9.76. The third kappa shape index (κ3) is 4.59. The van der Waals surface area contributed by atoms with E-state index in [1.54, 1.807) is 24.3 Å². The molecule has 0 bridgehead atoms. The molecule has 2 aliphatic heterocycles. The lowest BCUT2D eigenvalue weighted by Gasteiger charge is -2.42. The molecule has 5 rings (SSSR count). The predicted octanol–water partition coefficient (Wildman–Crippen LogP) is 6.22. The molecule has 2 aliphatic rings. The van der Waals surface area contributed by atoms with Gasteiger partial charge >= 0.3 is 0 Å². The third-order valence-electron chi connectivity index (χ3n) is 7.36. The van der Waals surface area contributed by atoms with Gasteiger partial charge in [0.2, 0.25) is 5.91 Å². The van der Waals surface area contributed by atoms with E-state index < -0.39 is 0 Å². The molecule has 0 unspecified atom stereocenters. The van der Waals surface area contributed by atoms with E-state index in [-0.39, 0.29) is 29.0 Å². The first-order chi connectivity index (χ1) is 16.4. The van der Waals surface area contributed by atoms with Crippen LogP contribution in [0.15, 0.2) is 72.8 Å². The summed E-state index contributed by atoms with van der Waals surface area (Å²) >= 11 is 6.12. The number of halogens is 3. The van der Waals surface area contributed by atoms with Crippen LogP contribution in [-0.4, -0.2) is 35.3 Å². The lowest BCUT2D eigenvalue weighted by molar-refractivity contribution is -0.139. The van der Waals surface area contributed by atoms with Crippen molar-refractivity contribution in [3.8, 4) is 0 Å². The maximum absolute atomic E-state index is 13.6. The molecule has 0 atom stereocenters. The smallest absolute Gasteiger partial charge is 0.229 e. The standard InChI is InChI=1S/C28H27ClF2N2O/c29-23-3-1-2-20(18-23)19-33-17-14-28(27(33)34)12-15-32(16-13-28)26(21-4-8-24(30)9-5-21)22-6-10-25(31)11-7-22/h1-11,18,26H,12-17,19H2. The number of hydrogen-bond donors (Lipinski definition) is 0. The number of piperidine rings is 1. The summed E-state index contributed by atoms with van der Waals surface area (Å²) in [6.07, 6.45) is 2.41. The number of likely N-dealkylation sites (tertiary alicyclic amines) is 2. The minimum atomic E-state index is -0.328. The monoisotopic (exact) mass is 480 g/mol. The Kier molecular flexibility index (Phi) is 6.41. The highest BCUT2D eigenvalue weighted by molar-refractivity contribution is 6.30. The molecular formula is C28H27ClF2N2O. The maximum atomic E-state index is 13.6. The van der Waals surface area contributed by atoms with Gasteiger partial charge in [-0.25, -0.2) is 8.78 Å². The average molecular weight is 481 g/mol. The molecular weight excluding hydrogens is 454 g/mol.